The molecule has 1 aliphatic rings. The fraction of sp³-hybridized carbons (Fsp3) is 0.615. The van der Waals surface area contributed by atoms with Gasteiger partial charge in [0, 0.05) is 6.54 Å². The van der Waals surface area contributed by atoms with Crippen LogP contribution in [0.25, 0.3) is 0 Å². The van der Waals surface area contributed by atoms with E-state index in [0.29, 0.717) is 0 Å². The van der Waals surface area contributed by atoms with Gasteiger partial charge < -0.3 is 10.4 Å². The molecule has 5 nitrogen and oxygen atoms in total. The molecule has 1 amide bonds. The Balaban J connectivity index is 1.92. The van der Waals surface area contributed by atoms with E-state index in [4.69, 9.17) is 11.6 Å². The summed E-state index contributed by atoms with van der Waals surface area (Å²) >= 11 is 5.68. The fourth-order valence-corrected chi connectivity index (χ4v) is 2.50. The largest absolute Gasteiger partial charge is 0.388 e. The van der Waals surface area contributed by atoms with Gasteiger partial charge in [0.25, 0.3) is 5.91 Å². The van der Waals surface area contributed by atoms with Gasteiger partial charge in [-0.1, -0.05) is 37.3 Å². The molecule has 1 aromatic rings. The van der Waals surface area contributed by atoms with E-state index in [9.17, 15) is 9.90 Å². The van der Waals surface area contributed by atoms with Crippen LogP contribution in [-0.2, 0) is 0 Å². The van der Waals surface area contributed by atoms with Crippen LogP contribution in [0.2, 0.25) is 5.15 Å². The van der Waals surface area contributed by atoms with Crippen molar-refractivity contribution in [2.45, 2.75) is 44.1 Å². The average Bonchev–Trinajstić information content (AvgIpc) is 2.61. The van der Waals surface area contributed by atoms with Crippen molar-refractivity contribution in [3.05, 3.63) is 23.2 Å². The first-order chi connectivity index (χ1) is 9.09. The number of aliphatic hydroxyl groups is 1. The Hall–Kier alpha value is -1.20. The number of aromatic nitrogens is 2. The van der Waals surface area contributed by atoms with Crippen LogP contribution in [0, 0.1) is 0 Å². The third kappa shape index (κ3) is 4.14. The molecule has 0 radical (unpaired) electrons. The summed E-state index contributed by atoms with van der Waals surface area (Å²) in [7, 11) is 0. The zero-order valence-electron chi connectivity index (χ0n) is 10.7. The van der Waals surface area contributed by atoms with Crippen molar-refractivity contribution in [1.29, 1.82) is 0 Å². The Morgan fingerprint density at radius 3 is 2.63 bits per heavy atom. The van der Waals surface area contributed by atoms with Crippen molar-refractivity contribution < 1.29 is 9.90 Å². The molecule has 0 aromatic carbocycles. The van der Waals surface area contributed by atoms with E-state index in [1.54, 1.807) is 0 Å². The molecule has 6 heteroatoms. The Labute approximate surface area is 117 Å². The Morgan fingerprint density at radius 1 is 1.32 bits per heavy atom. The third-order valence-corrected chi connectivity index (χ3v) is 3.63. The van der Waals surface area contributed by atoms with Crippen LogP contribution in [0.5, 0.6) is 0 Å². The lowest BCUT2D eigenvalue weighted by molar-refractivity contribution is 0.0246. The lowest BCUT2D eigenvalue weighted by Crippen LogP contribution is -2.42. The maximum Gasteiger partial charge on any atom is 0.271 e. The van der Waals surface area contributed by atoms with Gasteiger partial charge in [-0.3, -0.25) is 9.78 Å². The molecule has 1 saturated carbocycles. The maximum absolute atomic E-state index is 11.9. The van der Waals surface area contributed by atoms with Gasteiger partial charge in [0.1, 0.15) is 10.8 Å². The van der Waals surface area contributed by atoms with Crippen molar-refractivity contribution in [1.82, 2.24) is 15.3 Å². The van der Waals surface area contributed by atoms with E-state index < -0.39 is 5.60 Å². The molecule has 1 aromatic heterocycles. The normalized spacial score (nSPS) is 18.6. The first-order valence-corrected chi connectivity index (χ1v) is 6.95. The number of hydrogen-bond acceptors (Lipinski definition) is 4. The second-order valence-corrected chi connectivity index (χ2v) is 5.44. The van der Waals surface area contributed by atoms with E-state index in [-0.39, 0.29) is 23.3 Å². The minimum absolute atomic E-state index is 0.171. The van der Waals surface area contributed by atoms with Gasteiger partial charge in [0.15, 0.2) is 0 Å². The number of rotatable bonds is 3. The standard InChI is InChI=1S/C13H18ClN3O2/c14-11-8-15-7-10(17-11)12(18)16-9-13(19)5-3-1-2-4-6-13/h7-8,19H,1-6,9H2,(H,16,18). The maximum atomic E-state index is 11.9. The topological polar surface area (TPSA) is 75.1 Å². The van der Waals surface area contributed by atoms with Gasteiger partial charge >= 0.3 is 0 Å². The van der Waals surface area contributed by atoms with Gasteiger partial charge in [0.2, 0.25) is 0 Å². The van der Waals surface area contributed by atoms with E-state index >= 15 is 0 Å². The predicted octanol–water partition coefficient (Wildman–Crippen LogP) is 1.95. The molecule has 0 saturated heterocycles. The molecule has 1 heterocycles. The second-order valence-electron chi connectivity index (χ2n) is 5.05. The summed E-state index contributed by atoms with van der Waals surface area (Å²) in [6, 6.07) is 0. The molecule has 0 atom stereocenters. The van der Waals surface area contributed by atoms with Crippen LogP contribution in [0.1, 0.15) is 49.0 Å². The lowest BCUT2D eigenvalue weighted by Gasteiger charge is -2.26. The fourth-order valence-electron chi connectivity index (χ4n) is 2.35. The SMILES string of the molecule is O=C(NCC1(O)CCCCCC1)c1cncc(Cl)n1. The molecular weight excluding hydrogens is 266 g/mol. The molecule has 0 unspecified atom stereocenters. The minimum atomic E-state index is -0.793. The number of nitrogens with one attached hydrogen (secondary N) is 1. The van der Waals surface area contributed by atoms with Crippen LogP contribution >= 0.6 is 11.6 Å². The second kappa shape index (κ2) is 6.30. The highest BCUT2D eigenvalue weighted by atomic mass is 35.5. The summed E-state index contributed by atoms with van der Waals surface area (Å²) in [4.78, 5) is 19.6. The van der Waals surface area contributed by atoms with Gasteiger partial charge in [-0.15, -0.1) is 0 Å². The smallest absolute Gasteiger partial charge is 0.271 e. The zero-order chi connectivity index (χ0) is 13.7. The molecule has 104 valence electrons. The lowest BCUT2D eigenvalue weighted by atomic mass is 9.94. The number of carbonyl (C=O) groups excluding carboxylic acids is 1. The van der Waals surface area contributed by atoms with Gasteiger partial charge in [-0.2, -0.15) is 0 Å². The Kier molecular flexibility index (Phi) is 4.71. The van der Waals surface area contributed by atoms with Crippen LogP contribution in [-0.4, -0.2) is 33.1 Å². The van der Waals surface area contributed by atoms with E-state index in [1.165, 1.54) is 12.4 Å². The number of nitrogens with zero attached hydrogens (tertiary/aromatic N) is 2. The Bertz CT molecular complexity index is 445. The molecule has 0 aliphatic heterocycles. The molecular formula is C13H18ClN3O2. The van der Waals surface area contributed by atoms with Crippen molar-refractivity contribution in [2.75, 3.05) is 6.54 Å². The van der Waals surface area contributed by atoms with Crippen LogP contribution < -0.4 is 5.32 Å². The predicted molar refractivity (Wildman–Crippen MR) is 72.0 cm³/mol. The highest BCUT2D eigenvalue weighted by molar-refractivity contribution is 6.29. The monoisotopic (exact) mass is 283 g/mol. The van der Waals surface area contributed by atoms with Crippen molar-refractivity contribution in [3.63, 3.8) is 0 Å². The first-order valence-electron chi connectivity index (χ1n) is 6.57. The number of amides is 1. The molecule has 0 spiro atoms. The van der Waals surface area contributed by atoms with Crippen molar-refractivity contribution in [2.24, 2.45) is 0 Å². The van der Waals surface area contributed by atoms with Gasteiger partial charge in [-0.05, 0) is 12.8 Å². The summed E-state index contributed by atoms with van der Waals surface area (Å²) in [5.41, 5.74) is -0.622. The third-order valence-electron chi connectivity index (χ3n) is 3.45. The van der Waals surface area contributed by atoms with Gasteiger partial charge in [0.05, 0.1) is 18.0 Å². The quantitative estimate of drug-likeness (QED) is 0.832. The number of halogens is 1. The zero-order valence-corrected chi connectivity index (χ0v) is 11.5. The van der Waals surface area contributed by atoms with Crippen LogP contribution in [0.3, 0.4) is 0 Å². The molecule has 1 fully saturated rings. The highest BCUT2D eigenvalue weighted by Gasteiger charge is 2.28. The van der Waals surface area contributed by atoms with E-state index in [1.807, 2.05) is 0 Å². The number of hydrogen-bond donors (Lipinski definition) is 2. The summed E-state index contributed by atoms with van der Waals surface area (Å²) in [5.74, 6) is -0.354. The van der Waals surface area contributed by atoms with Crippen LogP contribution in [0.15, 0.2) is 12.4 Å². The molecule has 0 bridgehead atoms. The van der Waals surface area contributed by atoms with Gasteiger partial charge in [-0.25, -0.2) is 4.98 Å². The van der Waals surface area contributed by atoms with Crippen molar-refractivity contribution in [3.8, 4) is 0 Å². The minimum Gasteiger partial charge on any atom is -0.388 e. The molecule has 2 rings (SSSR count). The number of carbonyl (C=O) groups is 1. The summed E-state index contributed by atoms with van der Waals surface area (Å²) in [5, 5.41) is 13.3. The van der Waals surface area contributed by atoms with Crippen LogP contribution in [0.4, 0.5) is 0 Å². The van der Waals surface area contributed by atoms with E-state index in [2.05, 4.69) is 15.3 Å². The molecule has 2 N–H and O–H groups in total. The molecule has 1 aliphatic carbocycles. The summed E-state index contributed by atoms with van der Waals surface area (Å²) < 4.78 is 0. The highest BCUT2D eigenvalue weighted by Crippen LogP contribution is 2.26. The summed E-state index contributed by atoms with van der Waals surface area (Å²) in [6.45, 7) is 0.250. The Morgan fingerprint density at radius 2 is 2.00 bits per heavy atom. The van der Waals surface area contributed by atoms with E-state index in [0.717, 1.165) is 38.5 Å². The van der Waals surface area contributed by atoms with Crippen molar-refractivity contribution >= 4 is 17.5 Å². The average molecular weight is 284 g/mol. The first kappa shape index (κ1) is 14.2. The molecule has 19 heavy (non-hydrogen) atoms. The summed E-state index contributed by atoms with van der Waals surface area (Å²) in [6.07, 6.45) is 8.50.